The summed E-state index contributed by atoms with van der Waals surface area (Å²) in [4.78, 5) is 19.3. The maximum Gasteiger partial charge on any atom is 0.225 e. The van der Waals surface area contributed by atoms with Crippen LogP contribution >= 0.6 is 24.0 Å². The van der Waals surface area contributed by atoms with Gasteiger partial charge in [0.15, 0.2) is 5.96 Å². The molecule has 1 atom stereocenters. The van der Waals surface area contributed by atoms with Crippen molar-refractivity contribution in [1.82, 2.24) is 15.5 Å². The van der Waals surface area contributed by atoms with E-state index in [4.69, 9.17) is 4.74 Å². The number of nitrogens with one attached hydrogen (secondary N) is 2. The molecule has 2 N–H and O–H groups in total. The van der Waals surface area contributed by atoms with Gasteiger partial charge >= 0.3 is 0 Å². The average Bonchev–Trinajstić information content (AvgIpc) is 3.23. The van der Waals surface area contributed by atoms with E-state index in [9.17, 15) is 4.79 Å². The highest BCUT2D eigenvalue weighted by atomic mass is 127. The predicted molar refractivity (Wildman–Crippen MR) is 135 cm³/mol. The number of hydrogen-bond acceptors (Lipinski definition) is 3. The normalized spacial score (nSPS) is 22.4. The Kier molecular flexibility index (Phi) is 9.29. The van der Waals surface area contributed by atoms with Crippen LogP contribution in [0.25, 0.3) is 0 Å². The second-order valence-electron chi connectivity index (χ2n) is 8.95. The van der Waals surface area contributed by atoms with E-state index < -0.39 is 0 Å². The SMILES string of the molecule is CN=C(NCc1ccccc1OC1CCC1)NC1CCN(C(=O)C2CCCCC2)C1.I. The second kappa shape index (κ2) is 11.9. The summed E-state index contributed by atoms with van der Waals surface area (Å²) in [5, 5.41) is 6.94. The van der Waals surface area contributed by atoms with E-state index in [2.05, 4.69) is 32.7 Å². The fourth-order valence-electron chi connectivity index (χ4n) is 4.69. The molecule has 3 aliphatic rings. The van der Waals surface area contributed by atoms with Crippen LogP contribution in [-0.2, 0) is 11.3 Å². The van der Waals surface area contributed by atoms with Crippen LogP contribution in [-0.4, -0.2) is 49.0 Å². The lowest BCUT2D eigenvalue weighted by Gasteiger charge is -2.27. The Labute approximate surface area is 203 Å². The lowest BCUT2D eigenvalue weighted by atomic mass is 9.88. The fraction of sp³-hybridized carbons (Fsp3) is 0.667. The van der Waals surface area contributed by atoms with Gasteiger partial charge in [-0.15, -0.1) is 24.0 Å². The average molecular weight is 540 g/mol. The molecule has 172 valence electrons. The minimum Gasteiger partial charge on any atom is -0.490 e. The van der Waals surface area contributed by atoms with Crippen LogP contribution in [0.5, 0.6) is 5.75 Å². The Morgan fingerprint density at radius 2 is 1.87 bits per heavy atom. The predicted octanol–water partition coefficient (Wildman–Crippen LogP) is 4.08. The number of likely N-dealkylation sites (tertiary alicyclic amines) is 1. The molecule has 0 spiro atoms. The summed E-state index contributed by atoms with van der Waals surface area (Å²) in [7, 11) is 1.80. The highest BCUT2D eigenvalue weighted by Crippen LogP contribution is 2.28. The number of halogens is 1. The molecule has 1 saturated heterocycles. The number of hydrogen-bond donors (Lipinski definition) is 2. The van der Waals surface area contributed by atoms with Gasteiger partial charge < -0.3 is 20.3 Å². The fourth-order valence-corrected chi connectivity index (χ4v) is 4.69. The third-order valence-corrected chi connectivity index (χ3v) is 6.78. The molecular formula is C24H37IN4O2. The van der Waals surface area contributed by atoms with Crippen molar-refractivity contribution >= 4 is 35.8 Å². The van der Waals surface area contributed by atoms with Crippen molar-refractivity contribution in [3.05, 3.63) is 29.8 Å². The molecule has 2 aliphatic carbocycles. The molecule has 1 unspecified atom stereocenters. The standard InChI is InChI=1S/C24H36N4O2.HI/c1-25-24(26-16-19-10-5-6-13-22(19)30-21-11-7-12-21)27-20-14-15-28(17-20)23(29)18-8-3-2-4-9-18;/h5-6,10,13,18,20-21H,2-4,7-9,11-12,14-17H2,1H3,(H2,25,26,27);1H. The van der Waals surface area contributed by atoms with E-state index in [1.807, 2.05) is 12.1 Å². The Balaban J connectivity index is 0.00000272. The summed E-state index contributed by atoms with van der Waals surface area (Å²) in [5.74, 6) is 2.37. The third kappa shape index (κ3) is 6.49. The number of carbonyl (C=O) groups is 1. The van der Waals surface area contributed by atoms with E-state index in [0.717, 1.165) is 62.5 Å². The Bertz CT molecular complexity index is 747. The van der Waals surface area contributed by atoms with Crippen LogP contribution in [0.15, 0.2) is 29.3 Å². The number of guanidine groups is 1. The van der Waals surface area contributed by atoms with Gasteiger partial charge in [-0.2, -0.15) is 0 Å². The molecule has 2 saturated carbocycles. The minimum absolute atomic E-state index is 0. The van der Waals surface area contributed by atoms with Crippen LogP contribution in [0.4, 0.5) is 0 Å². The van der Waals surface area contributed by atoms with Gasteiger partial charge in [-0.3, -0.25) is 9.79 Å². The van der Waals surface area contributed by atoms with Gasteiger partial charge in [-0.25, -0.2) is 0 Å². The number of amides is 1. The zero-order valence-corrected chi connectivity index (χ0v) is 21.0. The van der Waals surface area contributed by atoms with Crippen molar-refractivity contribution in [3.63, 3.8) is 0 Å². The van der Waals surface area contributed by atoms with Gasteiger partial charge in [-0.05, 0) is 44.6 Å². The summed E-state index contributed by atoms with van der Waals surface area (Å²) < 4.78 is 6.13. The molecule has 1 aromatic rings. The Morgan fingerprint density at radius 3 is 2.58 bits per heavy atom. The summed E-state index contributed by atoms with van der Waals surface area (Å²) in [6, 6.07) is 8.49. The largest absolute Gasteiger partial charge is 0.490 e. The molecule has 7 heteroatoms. The van der Waals surface area contributed by atoms with E-state index in [1.165, 1.54) is 25.7 Å². The monoisotopic (exact) mass is 540 g/mol. The number of aliphatic imine (C=N–C) groups is 1. The molecule has 0 radical (unpaired) electrons. The Hall–Kier alpha value is -1.51. The highest BCUT2D eigenvalue weighted by Gasteiger charge is 2.31. The number of nitrogens with zero attached hydrogens (tertiary/aromatic N) is 2. The van der Waals surface area contributed by atoms with Crippen LogP contribution in [0, 0.1) is 5.92 Å². The van der Waals surface area contributed by atoms with Gasteiger partial charge in [0.25, 0.3) is 0 Å². The lowest BCUT2D eigenvalue weighted by molar-refractivity contribution is -0.135. The van der Waals surface area contributed by atoms with Crippen molar-refractivity contribution in [3.8, 4) is 5.75 Å². The van der Waals surface area contributed by atoms with Crippen LogP contribution in [0.1, 0.15) is 63.4 Å². The molecule has 1 aromatic carbocycles. The molecular weight excluding hydrogens is 503 g/mol. The third-order valence-electron chi connectivity index (χ3n) is 6.78. The first-order chi connectivity index (χ1) is 14.7. The van der Waals surface area contributed by atoms with Gasteiger partial charge in [0.05, 0.1) is 6.10 Å². The van der Waals surface area contributed by atoms with Crippen molar-refractivity contribution in [1.29, 1.82) is 0 Å². The minimum atomic E-state index is 0. The molecule has 1 heterocycles. The maximum absolute atomic E-state index is 12.8. The number of rotatable bonds is 6. The maximum atomic E-state index is 12.8. The summed E-state index contributed by atoms with van der Waals surface area (Å²) in [5.41, 5.74) is 1.15. The van der Waals surface area contributed by atoms with Crippen LogP contribution < -0.4 is 15.4 Å². The topological polar surface area (TPSA) is 66.0 Å². The van der Waals surface area contributed by atoms with Gasteiger partial charge in [0.1, 0.15) is 5.75 Å². The zero-order chi connectivity index (χ0) is 20.8. The summed E-state index contributed by atoms with van der Waals surface area (Å²) >= 11 is 0. The molecule has 3 fully saturated rings. The van der Waals surface area contributed by atoms with E-state index >= 15 is 0 Å². The molecule has 0 aromatic heterocycles. The van der Waals surface area contributed by atoms with Crippen molar-refractivity contribution in [2.24, 2.45) is 10.9 Å². The van der Waals surface area contributed by atoms with E-state index in [0.29, 0.717) is 18.6 Å². The zero-order valence-electron chi connectivity index (χ0n) is 18.6. The van der Waals surface area contributed by atoms with Gasteiger partial charge in [0.2, 0.25) is 5.91 Å². The molecule has 1 aliphatic heterocycles. The molecule has 0 bridgehead atoms. The van der Waals surface area contributed by atoms with E-state index in [1.54, 1.807) is 7.05 Å². The molecule has 31 heavy (non-hydrogen) atoms. The van der Waals surface area contributed by atoms with Crippen molar-refractivity contribution in [2.45, 2.75) is 76.5 Å². The second-order valence-corrected chi connectivity index (χ2v) is 8.95. The molecule has 1 amide bonds. The number of ether oxygens (including phenoxy) is 1. The summed E-state index contributed by atoms with van der Waals surface area (Å²) in [6.45, 7) is 2.29. The van der Waals surface area contributed by atoms with Crippen LogP contribution in [0.3, 0.4) is 0 Å². The van der Waals surface area contributed by atoms with Gasteiger partial charge in [-0.1, -0.05) is 37.5 Å². The smallest absolute Gasteiger partial charge is 0.225 e. The first kappa shape index (κ1) is 24.1. The lowest BCUT2D eigenvalue weighted by Crippen LogP contribution is -2.45. The van der Waals surface area contributed by atoms with Crippen molar-refractivity contribution in [2.75, 3.05) is 20.1 Å². The number of benzene rings is 1. The summed E-state index contributed by atoms with van der Waals surface area (Å²) in [6.07, 6.45) is 10.7. The first-order valence-corrected chi connectivity index (χ1v) is 11.7. The first-order valence-electron chi connectivity index (χ1n) is 11.7. The molecule has 6 nitrogen and oxygen atoms in total. The Morgan fingerprint density at radius 1 is 1.10 bits per heavy atom. The van der Waals surface area contributed by atoms with Crippen molar-refractivity contribution < 1.29 is 9.53 Å². The number of carbonyl (C=O) groups excluding carboxylic acids is 1. The van der Waals surface area contributed by atoms with E-state index in [-0.39, 0.29) is 35.9 Å². The highest BCUT2D eigenvalue weighted by molar-refractivity contribution is 14.0. The quantitative estimate of drug-likeness (QED) is 0.324. The molecule has 4 rings (SSSR count). The van der Waals surface area contributed by atoms with Crippen LogP contribution in [0.2, 0.25) is 0 Å². The van der Waals surface area contributed by atoms with Gasteiger partial charge in [0, 0.05) is 44.2 Å². The number of para-hydroxylation sites is 1.